The summed E-state index contributed by atoms with van der Waals surface area (Å²) < 4.78 is 37.5. The second-order valence-corrected chi connectivity index (χ2v) is 9.10. The van der Waals surface area contributed by atoms with E-state index in [1.54, 1.807) is 23.6 Å². The van der Waals surface area contributed by atoms with E-state index in [0.717, 1.165) is 16.9 Å². The molecule has 0 bridgehead atoms. The lowest BCUT2D eigenvalue weighted by atomic mass is 10.1. The Balaban J connectivity index is 1.85. The zero-order chi connectivity index (χ0) is 19.7. The maximum Gasteiger partial charge on any atom is 0.191 e. The Bertz CT molecular complexity index is 822. The zero-order valence-corrected chi connectivity index (χ0v) is 16.7. The molecule has 27 heavy (non-hydrogen) atoms. The molecule has 6 nitrogen and oxygen atoms in total. The first-order valence-corrected chi connectivity index (χ1v) is 11.1. The highest BCUT2D eigenvalue weighted by Crippen LogP contribution is 2.18. The number of rotatable bonds is 9. The molecule has 0 saturated carbocycles. The molecular formula is C18H24FN3O3S2. The number of nitrogens with one attached hydrogen (secondary N) is 2. The van der Waals surface area contributed by atoms with E-state index in [4.69, 9.17) is 0 Å². The van der Waals surface area contributed by atoms with Crippen molar-refractivity contribution < 1.29 is 17.9 Å². The van der Waals surface area contributed by atoms with Gasteiger partial charge >= 0.3 is 0 Å². The lowest BCUT2D eigenvalue weighted by Crippen LogP contribution is -2.39. The average Bonchev–Trinajstić information content (AvgIpc) is 3.17. The molecule has 1 aromatic heterocycles. The van der Waals surface area contributed by atoms with Crippen molar-refractivity contribution in [3.63, 3.8) is 0 Å². The number of sulfone groups is 1. The summed E-state index contributed by atoms with van der Waals surface area (Å²) in [5.74, 6) is -0.147. The Morgan fingerprint density at radius 3 is 2.63 bits per heavy atom. The summed E-state index contributed by atoms with van der Waals surface area (Å²) in [6, 6.07) is 9.46. The van der Waals surface area contributed by atoms with Crippen molar-refractivity contribution in [2.45, 2.75) is 23.7 Å². The van der Waals surface area contributed by atoms with E-state index in [0.29, 0.717) is 25.5 Å². The molecule has 0 aliphatic heterocycles. The van der Waals surface area contributed by atoms with Crippen LogP contribution in [0.4, 0.5) is 4.39 Å². The lowest BCUT2D eigenvalue weighted by Gasteiger charge is -2.13. The number of guanidine groups is 1. The molecule has 0 saturated heterocycles. The van der Waals surface area contributed by atoms with E-state index in [1.807, 2.05) is 6.92 Å². The second kappa shape index (κ2) is 10.4. The third-order valence-corrected chi connectivity index (χ3v) is 6.92. The average molecular weight is 414 g/mol. The van der Waals surface area contributed by atoms with Crippen molar-refractivity contribution >= 4 is 27.1 Å². The van der Waals surface area contributed by atoms with Crippen LogP contribution in [0.3, 0.4) is 0 Å². The van der Waals surface area contributed by atoms with Gasteiger partial charge in [0.2, 0.25) is 0 Å². The fourth-order valence-electron chi connectivity index (χ4n) is 2.34. The van der Waals surface area contributed by atoms with Gasteiger partial charge in [-0.1, -0.05) is 18.2 Å². The number of benzene rings is 1. The fraction of sp³-hybridized carbons (Fsp3) is 0.389. The first kappa shape index (κ1) is 21.3. The van der Waals surface area contributed by atoms with Gasteiger partial charge in [0, 0.05) is 13.1 Å². The van der Waals surface area contributed by atoms with Crippen LogP contribution >= 0.6 is 11.3 Å². The van der Waals surface area contributed by atoms with Gasteiger partial charge < -0.3 is 15.7 Å². The minimum Gasteiger partial charge on any atom is -0.390 e. The van der Waals surface area contributed by atoms with Crippen molar-refractivity contribution in [3.05, 3.63) is 53.2 Å². The van der Waals surface area contributed by atoms with Gasteiger partial charge in [-0.25, -0.2) is 12.8 Å². The summed E-state index contributed by atoms with van der Waals surface area (Å²) >= 11 is 1.13. The van der Waals surface area contributed by atoms with Gasteiger partial charge in [0.25, 0.3) is 0 Å². The predicted molar refractivity (Wildman–Crippen MR) is 106 cm³/mol. The topological polar surface area (TPSA) is 90.8 Å². The summed E-state index contributed by atoms with van der Waals surface area (Å²) in [5, 5.41) is 17.9. The summed E-state index contributed by atoms with van der Waals surface area (Å²) in [6.45, 7) is 3.08. The van der Waals surface area contributed by atoms with Gasteiger partial charge in [-0.3, -0.25) is 4.99 Å². The van der Waals surface area contributed by atoms with Crippen LogP contribution in [0.15, 0.2) is 51.0 Å². The highest BCUT2D eigenvalue weighted by Gasteiger charge is 2.20. The number of nitrogens with zero attached hydrogens (tertiary/aromatic N) is 1. The van der Waals surface area contributed by atoms with Gasteiger partial charge in [0.15, 0.2) is 15.8 Å². The highest BCUT2D eigenvalue weighted by molar-refractivity contribution is 7.93. The molecule has 1 heterocycles. The lowest BCUT2D eigenvalue weighted by molar-refractivity contribution is 0.206. The van der Waals surface area contributed by atoms with Gasteiger partial charge in [0.05, 0.1) is 18.4 Å². The maximum atomic E-state index is 12.9. The van der Waals surface area contributed by atoms with E-state index in [9.17, 15) is 17.9 Å². The van der Waals surface area contributed by atoms with Crippen LogP contribution in [-0.2, 0) is 16.3 Å². The number of aliphatic hydroxyl groups excluding tert-OH is 1. The molecule has 3 N–H and O–H groups in total. The molecule has 2 rings (SSSR count). The van der Waals surface area contributed by atoms with Crippen LogP contribution in [0.1, 0.15) is 12.5 Å². The van der Waals surface area contributed by atoms with Crippen molar-refractivity contribution in [1.82, 2.24) is 10.6 Å². The fourth-order valence-corrected chi connectivity index (χ4v) is 4.81. The van der Waals surface area contributed by atoms with Gasteiger partial charge in [0.1, 0.15) is 10.0 Å². The zero-order valence-electron chi connectivity index (χ0n) is 15.1. The Hall–Kier alpha value is -1.97. The molecule has 0 spiro atoms. The summed E-state index contributed by atoms with van der Waals surface area (Å²) in [7, 11) is -3.51. The Labute approximate surface area is 163 Å². The molecule has 0 radical (unpaired) electrons. The van der Waals surface area contributed by atoms with Crippen LogP contribution in [0, 0.1) is 5.82 Å². The third-order valence-electron chi connectivity index (χ3n) is 3.64. The molecule has 1 aromatic carbocycles. The van der Waals surface area contributed by atoms with Crippen molar-refractivity contribution in [1.29, 1.82) is 0 Å². The first-order valence-electron chi connectivity index (χ1n) is 8.61. The molecule has 0 amide bonds. The van der Waals surface area contributed by atoms with Crippen molar-refractivity contribution in [2.24, 2.45) is 4.99 Å². The van der Waals surface area contributed by atoms with E-state index >= 15 is 0 Å². The van der Waals surface area contributed by atoms with Gasteiger partial charge in [-0.2, -0.15) is 0 Å². The minimum absolute atomic E-state index is 0.0313. The van der Waals surface area contributed by atoms with Gasteiger partial charge in [-0.05, 0) is 42.5 Å². The smallest absolute Gasteiger partial charge is 0.191 e. The van der Waals surface area contributed by atoms with Crippen LogP contribution in [-0.4, -0.2) is 51.0 Å². The first-order chi connectivity index (χ1) is 12.9. The quantitative estimate of drug-likeness (QED) is 0.431. The van der Waals surface area contributed by atoms with Gasteiger partial charge in [-0.15, -0.1) is 11.3 Å². The number of halogens is 1. The Morgan fingerprint density at radius 1 is 1.26 bits per heavy atom. The summed E-state index contributed by atoms with van der Waals surface area (Å²) in [4.78, 5) is 4.25. The number of thiophene rings is 1. The second-order valence-electron chi connectivity index (χ2n) is 5.89. The minimum atomic E-state index is -3.51. The van der Waals surface area contributed by atoms with E-state index < -0.39 is 15.9 Å². The monoisotopic (exact) mass is 413 g/mol. The molecule has 0 aliphatic rings. The van der Waals surface area contributed by atoms with Crippen LogP contribution in [0.25, 0.3) is 0 Å². The normalized spacial score (nSPS) is 13.4. The van der Waals surface area contributed by atoms with Crippen molar-refractivity contribution in [3.8, 4) is 0 Å². The number of aliphatic hydroxyl groups is 1. The highest BCUT2D eigenvalue weighted by atomic mass is 32.2. The molecule has 1 atom stereocenters. The number of aliphatic imine (C=N–C) groups is 1. The molecule has 148 valence electrons. The largest absolute Gasteiger partial charge is 0.390 e. The molecule has 9 heteroatoms. The van der Waals surface area contributed by atoms with E-state index in [-0.39, 0.29) is 22.3 Å². The van der Waals surface area contributed by atoms with Crippen LogP contribution in [0.2, 0.25) is 0 Å². The molecule has 0 aliphatic carbocycles. The summed E-state index contributed by atoms with van der Waals surface area (Å²) in [6.07, 6.45) is -0.412. The number of hydrogen-bond acceptors (Lipinski definition) is 5. The maximum absolute atomic E-state index is 12.9. The SMILES string of the molecule is CCNC(=NCC(O)CS(=O)(=O)c1cccs1)NCCc1ccc(F)cc1. The predicted octanol–water partition coefficient (Wildman–Crippen LogP) is 1.82. The third kappa shape index (κ3) is 7.28. The molecule has 0 fully saturated rings. The number of hydrogen-bond donors (Lipinski definition) is 3. The van der Waals surface area contributed by atoms with Crippen LogP contribution in [0.5, 0.6) is 0 Å². The van der Waals surface area contributed by atoms with Crippen molar-refractivity contribution in [2.75, 3.05) is 25.4 Å². The molecular weight excluding hydrogens is 389 g/mol. The summed E-state index contributed by atoms with van der Waals surface area (Å²) in [5.41, 5.74) is 0.988. The molecule has 1 unspecified atom stereocenters. The van der Waals surface area contributed by atoms with Crippen LogP contribution < -0.4 is 10.6 Å². The Morgan fingerprint density at radius 2 is 2.00 bits per heavy atom. The molecule has 2 aromatic rings. The standard InChI is InChI=1S/C18H24FN3O3S2/c1-2-20-18(21-10-9-14-5-7-15(19)8-6-14)22-12-16(23)13-27(24,25)17-4-3-11-26-17/h3-8,11,16,23H,2,9-10,12-13H2,1H3,(H2,20,21,22). The van der Waals surface area contributed by atoms with E-state index in [2.05, 4.69) is 15.6 Å². The Kier molecular flexibility index (Phi) is 8.21. The van der Waals surface area contributed by atoms with E-state index in [1.165, 1.54) is 18.2 Å².